The number of likely N-dealkylation sites (tertiary alicyclic amines) is 1. The highest BCUT2D eigenvalue weighted by Crippen LogP contribution is 2.29. The van der Waals surface area contributed by atoms with Crippen LogP contribution in [0.15, 0.2) is 48.9 Å². The molecule has 7 heteroatoms. The molecule has 31 heavy (non-hydrogen) atoms. The molecule has 4 rings (SSSR count). The van der Waals surface area contributed by atoms with E-state index >= 15 is 0 Å². The van der Waals surface area contributed by atoms with Gasteiger partial charge < -0.3 is 9.64 Å². The van der Waals surface area contributed by atoms with Crippen LogP contribution < -0.4 is 4.74 Å². The van der Waals surface area contributed by atoms with Crippen LogP contribution in [-0.4, -0.2) is 50.5 Å². The molecule has 1 amide bonds. The van der Waals surface area contributed by atoms with Crippen LogP contribution in [0.2, 0.25) is 0 Å². The molecule has 7 nitrogen and oxygen atoms in total. The van der Waals surface area contributed by atoms with Gasteiger partial charge in [0.1, 0.15) is 5.75 Å². The number of carbonyl (C=O) groups is 1. The third-order valence-corrected chi connectivity index (χ3v) is 6.12. The number of rotatable bonds is 6. The first kappa shape index (κ1) is 21.0. The van der Waals surface area contributed by atoms with Crippen molar-refractivity contribution in [1.82, 2.24) is 24.9 Å². The van der Waals surface area contributed by atoms with E-state index in [9.17, 15) is 4.79 Å². The van der Waals surface area contributed by atoms with Gasteiger partial charge >= 0.3 is 0 Å². The lowest BCUT2D eigenvalue weighted by molar-refractivity contribution is 0.0498. The van der Waals surface area contributed by atoms with Gasteiger partial charge in [-0.15, -0.1) is 0 Å². The van der Waals surface area contributed by atoms with E-state index < -0.39 is 0 Å². The fourth-order valence-electron chi connectivity index (χ4n) is 4.41. The molecule has 0 radical (unpaired) electrons. The Bertz CT molecular complexity index is 1020. The molecule has 1 aliphatic rings. The summed E-state index contributed by atoms with van der Waals surface area (Å²) in [5.41, 5.74) is 3.43. The molecule has 0 bridgehead atoms. The molecule has 1 aliphatic heterocycles. The molecule has 1 unspecified atom stereocenters. The third kappa shape index (κ3) is 4.60. The van der Waals surface area contributed by atoms with Gasteiger partial charge in [0.2, 0.25) is 0 Å². The summed E-state index contributed by atoms with van der Waals surface area (Å²) in [4.78, 5) is 21.8. The van der Waals surface area contributed by atoms with Crippen LogP contribution in [0.25, 0.3) is 5.69 Å². The molecule has 2 atom stereocenters. The highest BCUT2D eigenvalue weighted by atomic mass is 16.5. The van der Waals surface area contributed by atoms with Crippen molar-refractivity contribution in [2.75, 3.05) is 13.7 Å². The first-order valence-corrected chi connectivity index (χ1v) is 10.8. The molecular weight excluding hydrogens is 390 g/mol. The van der Waals surface area contributed by atoms with E-state index in [1.54, 1.807) is 25.7 Å². The molecule has 0 saturated carbocycles. The molecule has 2 aromatic heterocycles. The molecule has 0 N–H and O–H groups in total. The maximum Gasteiger partial charge on any atom is 0.256 e. The van der Waals surface area contributed by atoms with Crippen LogP contribution in [0.4, 0.5) is 0 Å². The molecule has 1 saturated heterocycles. The van der Waals surface area contributed by atoms with E-state index in [1.165, 1.54) is 4.80 Å². The van der Waals surface area contributed by atoms with E-state index in [0.29, 0.717) is 11.5 Å². The molecule has 3 heterocycles. The van der Waals surface area contributed by atoms with Gasteiger partial charge in [-0.3, -0.25) is 9.78 Å². The van der Waals surface area contributed by atoms with Crippen molar-refractivity contribution in [3.63, 3.8) is 0 Å². The molecule has 0 aliphatic carbocycles. The average molecular weight is 420 g/mol. The van der Waals surface area contributed by atoms with Crippen molar-refractivity contribution >= 4 is 5.91 Å². The van der Waals surface area contributed by atoms with E-state index in [-0.39, 0.29) is 11.9 Å². The van der Waals surface area contributed by atoms with Gasteiger partial charge in [0.15, 0.2) is 0 Å². The summed E-state index contributed by atoms with van der Waals surface area (Å²) < 4.78 is 5.20. The zero-order valence-corrected chi connectivity index (χ0v) is 18.4. The number of nitrogens with zero attached hydrogens (tertiary/aromatic N) is 5. The average Bonchev–Trinajstić information content (AvgIpc) is 3.32. The van der Waals surface area contributed by atoms with E-state index in [2.05, 4.69) is 27.0 Å². The van der Waals surface area contributed by atoms with E-state index in [4.69, 9.17) is 4.74 Å². The lowest BCUT2D eigenvalue weighted by Gasteiger charge is -2.40. The predicted octanol–water partition coefficient (Wildman–Crippen LogP) is 3.85. The number of aryl methyl sites for hydroxylation is 2. The van der Waals surface area contributed by atoms with Crippen molar-refractivity contribution in [3.05, 3.63) is 65.7 Å². The molecule has 0 spiro atoms. The number of hydrogen-bond acceptors (Lipinski definition) is 5. The number of piperidine rings is 1. The first-order valence-electron chi connectivity index (χ1n) is 10.8. The lowest BCUT2D eigenvalue weighted by atomic mass is 9.86. The van der Waals surface area contributed by atoms with Crippen molar-refractivity contribution in [1.29, 1.82) is 0 Å². The fraction of sp³-hybridized carbons (Fsp3) is 0.417. The standard InChI is InChI=1S/C24H29N5O2/c1-17-6-10-23(29-26-12-13-27-29)21(15-17)24(30)28-14-4-5-18(2)22(28)11-8-19-7-9-20(31-3)16-25-19/h6-7,9-10,12-13,15-16,18,22H,4-5,8,11,14H2,1-3H3/t18-,22?/m1/s1. The summed E-state index contributed by atoms with van der Waals surface area (Å²) in [6.07, 6.45) is 8.86. The van der Waals surface area contributed by atoms with Gasteiger partial charge in [-0.25, -0.2) is 0 Å². The van der Waals surface area contributed by atoms with E-state index in [0.717, 1.165) is 54.9 Å². The van der Waals surface area contributed by atoms with Gasteiger partial charge in [0, 0.05) is 18.3 Å². The van der Waals surface area contributed by atoms with Crippen LogP contribution >= 0.6 is 0 Å². The summed E-state index contributed by atoms with van der Waals surface area (Å²) >= 11 is 0. The molecule has 162 valence electrons. The normalized spacial score (nSPS) is 18.7. The van der Waals surface area contributed by atoms with Crippen molar-refractivity contribution in [2.45, 2.75) is 45.6 Å². The van der Waals surface area contributed by atoms with Crippen molar-refractivity contribution in [3.8, 4) is 11.4 Å². The molecule has 1 fully saturated rings. The number of hydrogen-bond donors (Lipinski definition) is 0. The first-order chi connectivity index (χ1) is 15.1. The summed E-state index contributed by atoms with van der Waals surface area (Å²) in [6.45, 7) is 5.02. The Morgan fingerprint density at radius 2 is 2.00 bits per heavy atom. The number of aromatic nitrogens is 4. The zero-order valence-electron chi connectivity index (χ0n) is 18.4. The minimum absolute atomic E-state index is 0.0511. The monoisotopic (exact) mass is 419 g/mol. The second-order valence-corrected chi connectivity index (χ2v) is 8.25. The smallest absolute Gasteiger partial charge is 0.256 e. The fourth-order valence-corrected chi connectivity index (χ4v) is 4.41. The van der Waals surface area contributed by atoms with Crippen molar-refractivity contribution < 1.29 is 9.53 Å². The summed E-state index contributed by atoms with van der Waals surface area (Å²) in [5.74, 6) is 1.24. The van der Waals surface area contributed by atoms with Gasteiger partial charge in [-0.05, 0) is 62.8 Å². The number of ether oxygens (including phenoxy) is 1. The Morgan fingerprint density at radius 3 is 2.71 bits per heavy atom. The Morgan fingerprint density at radius 1 is 1.19 bits per heavy atom. The Hall–Kier alpha value is -3.22. The Kier molecular flexibility index (Phi) is 6.30. The Balaban J connectivity index is 1.57. The van der Waals surface area contributed by atoms with Crippen LogP contribution in [0.3, 0.4) is 0 Å². The summed E-state index contributed by atoms with van der Waals surface area (Å²) in [6, 6.07) is 9.96. The van der Waals surface area contributed by atoms with Crippen LogP contribution in [0, 0.1) is 12.8 Å². The number of benzene rings is 1. The highest BCUT2D eigenvalue weighted by Gasteiger charge is 2.33. The molecular formula is C24H29N5O2. The zero-order chi connectivity index (χ0) is 21.8. The second-order valence-electron chi connectivity index (χ2n) is 8.25. The number of methoxy groups -OCH3 is 1. The molecule has 1 aromatic carbocycles. The van der Waals surface area contributed by atoms with Gasteiger partial charge in [0.05, 0.1) is 37.0 Å². The number of carbonyl (C=O) groups excluding carboxylic acids is 1. The van der Waals surface area contributed by atoms with E-state index in [1.807, 2.05) is 37.3 Å². The highest BCUT2D eigenvalue weighted by molar-refractivity contribution is 5.98. The Labute approximate surface area is 183 Å². The maximum atomic E-state index is 13.7. The summed E-state index contributed by atoms with van der Waals surface area (Å²) in [7, 11) is 1.64. The minimum Gasteiger partial charge on any atom is -0.495 e. The van der Waals surface area contributed by atoms with Gasteiger partial charge in [0.25, 0.3) is 5.91 Å². The quantitative estimate of drug-likeness (QED) is 0.607. The molecule has 3 aromatic rings. The van der Waals surface area contributed by atoms with Gasteiger partial charge in [-0.2, -0.15) is 15.0 Å². The number of amides is 1. The predicted molar refractivity (Wildman–Crippen MR) is 118 cm³/mol. The van der Waals surface area contributed by atoms with Crippen LogP contribution in [-0.2, 0) is 6.42 Å². The van der Waals surface area contributed by atoms with Crippen molar-refractivity contribution in [2.24, 2.45) is 5.92 Å². The second kappa shape index (κ2) is 9.29. The third-order valence-electron chi connectivity index (χ3n) is 6.12. The lowest BCUT2D eigenvalue weighted by Crippen LogP contribution is -2.48. The topological polar surface area (TPSA) is 73.1 Å². The van der Waals surface area contributed by atoms with Crippen LogP contribution in [0.5, 0.6) is 5.75 Å². The maximum absolute atomic E-state index is 13.7. The number of pyridine rings is 1. The summed E-state index contributed by atoms with van der Waals surface area (Å²) in [5, 5.41) is 8.49. The van der Waals surface area contributed by atoms with Crippen LogP contribution in [0.1, 0.15) is 47.8 Å². The minimum atomic E-state index is 0.0511. The van der Waals surface area contributed by atoms with Gasteiger partial charge in [-0.1, -0.05) is 18.6 Å². The SMILES string of the molecule is COc1ccc(CCC2[C@H](C)CCCN2C(=O)c2cc(C)ccc2-n2nccn2)nc1. The largest absolute Gasteiger partial charge is 0.495 e.